The van der Waals surface area contributed by atoms with Crippen LogP contribution >= 0.6 is 0 Å². The van der Waals surface area contributed by atoms with Gasteiger partial charge < -0.3 is 14.8 Å². The molecule has 0 saturated heterocycles. The number of carbonyl (C=O) groups excluding carboxylic acids is 1. The summed E-state index contributed by atoms with van der Waals surface area (Å²) in [5.74, 6) is 1.04. The van der Waals surface area contributed by atoms with E-state index in [9.17, 15) is 13.2 Å². The molecule has 0 aliphatic rings. The number of rotatable bonds is 6. The van der Waals surface area contributed by atoms with Crippen molar-refractivity contribution in [1.29, 1.82) is 0 Å². The van der Waals surface area contributed by atoms with Crippen LogP contribution in [0.4, 0.5) is 5.69 Å². The van der Waals surface area contributed by atoms with Crippen LogP contribution in [0.3, 0.4) is 0 Å². The molecule has 2 aromatic carbocycles. The second-order valence-electron chi connectivity index (χ2n) is 6.84. The van der Waals surface area contributed by atoms with E-state index in [-0.39, 0.29) is 10.5 Å². The van der Waals surface area contributed by atoms with Gasteiger partial charge in [-0.1, -0.05) is 12.1 Å². The monoisotopic (exact) mass is 426 g/mol. The number of benzene rings is 2. The maximum Gasteiger partial charge on any atom is 0.256 e. The van der Waals surface area contributed by atoms with Gasteiger partial charge in [0.2, 0.25) is 5.88 Å². The van der Waals surface area contributed by atoms with Gasteiger partial charge in [-0.3, -0.25) is 4.79 Å². The molecular weight excluding hydrogens is 404 g/mol. The number of pyridine rings is 1. The van der Waals surface area contributed by atoms with E-state index in [2.05, 4.69) is 10.3 Å². The van der Waals surface area contributed by atoms with Crippen LogP contribution in [0.2, 0.25) is 0 Å². The molecule has 8 heteroatoms. The number of hydrogen-bond donors (Lipinski definition) is 1. The van der Waals surface area contributed by atoms with Crippen molar-refractivity contribution in [3.8, 4) is 17.4 Å². The summed E-state index contributed by atoms with van der Waals surface area (Å²) in [5, 5.41) is 2.72. The first-order chi connectivity index (χ1) is 14.2. The van der Waals surface area contributed by atoms with Crippen LogP contribution in [0.1, 0.15) is 21.5 Å². The molecule has 0 saturated carbocycles. The summed E-state index contributed by atoms with van der Waals surface area (Å²) >= 11 is 0. The summed E-state index contributed by atoms with van der Waals surface area (Å²) in [7, 11) is -1.85. The van der Waals surface area contributed by atoms with Gasteiger partial charge in [-0.25, -0.2) is 13.4 Å². The van der Waals surface area contributed by atoms with Crippen molar-refractivity contribution in [2.24, 2.45) is 0 Å². The highest BCUT2D eigenvalue weighted by molar-refractivity contribution is 7.90. The van der Waals surface area contributed by atoms with Gasteiger partial charge in [0.15, 0.2) is 21.3 Å². The van der Waals surface area contributed by atoms with E-state index >= 15 is 0 Å². The van der Waals surface area contributed by atoms with Crippen LogP contribution in [0.25, 0.3) is 0 Å². The minimum atomic E-state index is -3.41. The maximum atomic E-state index is 12.6. The molecule has 1 heterocycles. The predicted octanol–water partition coefficient (Wildman–Crippen LogP) is 4.16. The summed E-state index contributed by atoms with van der Waals surface area (Å²) in [6.07, 6.45) is 2.56. The Morgan fingerprint density at radius 1 is 1.00 bits per heavy atom. The molecule has 0 bridgehead atoms. The Labute approximate surface area is 175 Å². The molecule has 1 aromatic heterocycles. The summed E-state index contributed by atoms with van der Waals surface area (Å²) in [5.41, 5.74) is 2.44. The Morgan fingerprint density at radius 2 is 1.77 bits per heavy atom. The summed E-state index contributed by atoms with van der Waals surface area (Å²) in [4.78, 5) is 16.9. The average molecular weight is 426 g/mol. The zero-order chi connectivity index (χ0) is 21.9. The molecule has 156 valence electrons. The molecule has 3 rings (SSSR count). The molecule has 0 radical (unpaired) electrons. The Hall–Kier alpha value is -3.39. The molecule has 0 spiro atoms. The van der Waals surface area contributed by atoms with E-state index < -0.39 is 15.7 Å². The second kappa shape index (κ2) is 8.54. The third-order valence-corrected chi connectivity index (χ3v) is 5.52. The fourth-order valence-corrected chi connectivity index (χ4v) is 3.41. The minimum Gasteiger partial charge on any atom is -0.493 e. The summed E-state index contributed by atoms with van der Waals surface area (Å²) in [6, 6.07) is 13.3. The van der Waals surface area contributed by atoms with E-state index in [0.717, 1.165) is 11.8 Å². The van der Waals surface area contributed by atoms with Gasteiger partial charge in [0.05, 0.1) is 23.9 Å². The molecule has 0 fully saturated rings. The third-order valence-electron chi connectivity index (χ3n) is 4.41. The second-order valence-corrected chi connectivity index (χ2v) is 8.86. The smallest absolute Gasteiger partial charge is 0.256 e. The first kappa shape index (κ1) is 21.3. The minimum absolute atomic E-state index is 0.0900. The van der Waals surface area contributed by atoms with Crippen LogP contribution in [-0.2, 0) is 9.84 Å². The highest BCUT2D eigenvalue weighted by atomic mass is 32.2. The van der Waals surface area contributed by atoms with Crippen molar-refractivity contribution >= 4 is 21.4 Å². The predicted molar refractivity (Wildman–Crippen MR) is 114 cm³/mol. The Kier molecular flexibility index (Phi) is 6.07. The van der Waals surface area contributed by atoms with Crippen molar-refractivity contribution in [2.75, 3.05) is 18.7 Å². The topological polar surface area (TPSA) is 94.6 Å². The van der Waals surface area contributed by atoms with Gasteiger partial charge in [0, 0.05) is 17.9 Å². The van der Waals surface area contributed by atoms with Gasteiger partial charge in [0.1, 0.15) is 0 Å². The number of aromatic nitrogens is 1. The Bertz CT molecular complexity index is 1190. The SMILES string of the molecule is COc1cc(C)ccc1Oc1ccc(NC(=O)c2cc(S(C)(=O)=O)ccc2C)cn1. The summed E-state index contributed by atoms with van der Waals surface area (Å²) in [6.45, 7) is 3.69. The number of amides is 1. The Morgan fingerprint density at radius 3 is 2.40 bits per heavy atom. The largest absolute Gasteiger partial charge is 0.493 e. The van der Waals surface area contributed by atoms with E-state index in [0.29, 0.717) is 28.6 Å². The zero-order valence-corrected chi connectivity index (χ0v) is 17.9. The fraction of sp³-hybridized carbons (Fsp3) is 0.182. The third kappa shape index (κ3) is 4.96. The quantitative estimate of drug-likeness (QED) is 0.636. The van der Waals surface area contributed by atoms with Crippen LogP contribution in [0.15, 0.2) is 59.6 Å². The van der Waals surface area contributed by atoms with E-state index in [1.807, 2.05) is 19.1 Å². The number of nitrogens with one attached hydrogen (secondary N) is 1. The normalized spacial score (nSPS) is 11.1. The number of carbonyl (C=O) groups is 1. The highest BCUT2D eigenvalue weighted by Gasteiger charge is 2.15. The lowest BCUT2D eigenvalue weighted by Crippen LogP contribution is -2.14. The van der Waals surface area contributed by atoms with Crippen molar-refractivity contribution in [3.63, 3.8) is 0 Å². The number of aryl methyl sites for hydroxylation is 2. The van der Waals surface area contributed by atoms with Crippen molar-refractivity contribution < 1.29 is 22.7 Å². The van der Waals surface area contributed by atoms with Crippen LogP contribution in [-0.4, -0.2) is 32.7 Å². The van der Waals surface area contributed by atoms with Crippen LogP contribution in [0.5, 0.6) is 17.4 Å². The number of nitrogens with zero attached hydrogens (tertiary/aromatic N) is 1. The Balaban J connectivity index is 1.76. The van der Waals surface area contributed by atoms with E-state index in [1.54, 1.807) is 38.3 Å². The lowest BCUT2D eigenvalue weighted by Gasteiger charge is -2.11. The van der Waals surface area contributed by atoms with Gasteiger partial charge >= 0.3 is 0 Å². The van der Waals surface area contributed by atoms with Gasteiger partial charge in [0.25, 0.3) is 5.91 Å². The average Bonchev–Trinajstić information content (AvgIpc) is 2.70. The highest BCUT2D eigenvalue weighted by Crippen LogP contribution is 2.31. The molecule has 3 aromatic rings. The zero-order valence-electron chi connectivity index (χ0n) is 17.1. The standard InChI is InChI=1S/C22H22N2O5S/c1-14-5-9-19(20(11-14)28-3)29-21-10-7-16(13-23-21)24-22(25)18-12-17(30(4,26)27)8-6-15(18)2/h5-13H,1-4H3,(H,24,25). The molecular formula is C22H22N2O5S. The first-order valence-electron chi connectivity index (χ1n) is 9.08. The number of methoxy groups -OCH3 is 1. The van der Waals surface area contributed by atoms with Crippen molar-refractivity contribution in [2.45, 2.75) is 18.7 Å². The van der Waals surface area contributed by atoms with Crippen LogP contribution in [0, 0.1) is 13.8 Å². The van der Waals surface area contributed by atoms with E-state index in [4.69, 9.17) is 9.47 Å². The molecule has 0 atom stereocenters. The van der Waals surface area contributed by atoms with Gasteiger partial charge in [-0.05, 0) is 55.3 Å². The number of sulfone groups is 1. The van der Waals surface area contributed by atoms with Crippen molar-refractivity contribution in [1.82, 2.24) is 4.98 Å². The lowest BCUT2D eigenvalue weighted by atomic mass is 10.1. The molecule has 0 aliphatic carbocycles. The molecule has 7 nitrogen and oxygen atoms in total. The van der Waals surface area contributed by atoms with Gasteiger partial charge in [-0.2, -0.15) is 0 Å². The first-order valence-corrected chi connectivity index (χ1v) is 11.0. The maximum absolute atomic E-state index is 12.6. The van der Waals surface area contributed by atoms with Crippen LogP contribution < -0.4 is 14.8 Å². The molecule has 0 unspecified atom stereocenters. The molecule has 30 heavy (non-hydrogen) atoms. The molecule has 0 aliphatic heterocycles. The van der Waals surface area contributed by atoms with Gasteiger partial charge in [-0.15, -0.1) is 0 Å². The number of ether oxygens (including phenoxy) is 2. The summed E-state index contributed by atoms with van der Waals surface area (Å²) < 4.78 is 34.6. The molecule has 1 amide bonds. The lowest BCUT2D eigenvalue weighted by molar-refractivity contribution is 0.102. The molecule has 1 N–H and O–H groups in total. The number of anilines is 1. The van der Waals surface area contributed by atoms with E-state index in [1.165, 1.54) is 18.3 Å². The fourth-order valence-electron chi connectivity index (χ4n) is 2.76. The number of hydrogen-bond acceptors (Lipinski definition) is 6. The van der Waals surface area contributed by atoms with Crippen molar-refractivity contribution in [3.05, 3.63) is 71.4 Å².